The minimum absolute atomic E-state index is 0.118. The molecule has 0 heterocycles. The zero-order chi connectivity index (χ0) is 13.7. The van der Waals surface area contributed by atoms with Crippen LogP contribution < -0.4 is 5.32 Å². The molecule has 0 aliphatic heterocycles. The van der Waals surface area contributed by atoms with Crippen LogP contribution in [0.2, 0.25) is 0 Å². The first-order chi connectivity index (χ1) is 8.49. The lowest BCUT2D eigenvalue weighted by Crippen LogP contribution is -2.47. The lowest BCUT2D eigenvalue weighted by Gasteiger charge is -2.28. The summed E-state index contributed by atoms with van der Waals surface area (Å²) in [7, 11) is 0. The molecule has 0 saturated carbocycles. The van der Waals surface area contributed by atoms with Gasteiger partial charge in [0.15, 0.2) is 0 Å². The van der Waals surface area contributed by atoms with E-state index in [4.69, 9.17) is 5.11 Å². The summed E-state index contributed by atoms with van der Waals surface area (Å²) in [5.74, 6) is -1.31. The van der Waals surface area contributed by atoms with Gasteiger partial charge in [-0.05, 0) is 26.7 Å². The van der Waals surface area contributed by atoms with E-state index in [2.05, 4.69) is 5.32 Å². The number of hydrogen-bond donors (Lipinski definition) is 2. The minimum Gasteiger partial charge on any atom is -0.481 e. The van der Waals surface area contributed by atoms with Gasteiger partial charge in [0, 0.05) is 12.6 Å². The van der Waals surface area contributed by atoms with E-state index in [0.717, 1.165) is 6.42 Å². The number of rotatable bonds is 5. The fourth-order valence-electron chi connectivity index (χ4n) is 2.11. The zero-order valence-corrected chi connectivity index (χ0v) is 11.2. The fraction of sp³-hybridized carbons (Fsp3) is 0.692. The molecule has 18 heavy (non-hydrogen) atoms. The van der Waals surface area contributed by atoms with Gasteiger partial charge in [-0.15, -0.1) is 0 Å². The maximum Gasteiger partial charge on any atom is 0.318 e. The lowest BCUT2D eigenvalue weighted by atomic mass is 10.1. The molecule has 0 saturated heterocycles. The molecule has 1 aliphatic rings. The van der Waals surface area contributed by atoms with E-state index in [0.29, 0.717) is 13.0 Å². The molecule has 0 aromatic rings. The summed E-state index contributed by atoms with van der Waals surface area (Å²) in [6.45, 7) is 6.64. The van der Waals surface area contributed by atoms with Crippen molar-refractivity contribution in [3.63, 3.8) is 0 Å². The normalized spacial score (nSPS) is 23.7. The molecular formula is C13H22N2O3. The number of aliphatic carboxylic acids is 1. The molecule has 0 radical (unpaired) electrons. The number of urea groups is 1. The molecule has 102 valence electrons. The van der Waals surface area contributed by atoms with Crippen LogP contribution in [0.3, 0.4) is 0 Å². The summed E-state index contributed by atoms with van der Waals surface area (Å²) < 4.78 is 0. The summed E-state index contributed by atoms with van der Waals surface area (Å²) in [4.78, 5) is 24.6. The number of amides is 2. The second-order valence-corrected chi connectivity index (χ2v) is 4.66. The minimum atomic E-state index is -0.836. The number of carboxylic acid groups (broad SMARTS) is 1. The SMILES string of the molecule is CCC(C)N(CC)C(=O)NC1C=CC(C(=O)O)C1. The molecule has 5 nitrogen and oxygen atoms in total. The Labute approximate surface area is 108 Å². The summed E-state index contributed by atoms with van der Waals surface area (Å²) in [6, 6.07) is -0.0973. The first-order valence-corrected chi connectivity index (χ1v) is 6.47. The number of nitrogens with zero attached hydrogens (tertiary/aromatic N) is 1. The molecule has 2 amide bonds. The maximum absolute atomic E-state index is 12.0. The summed E-state index contributed by atoms with van der Waals surface area (Å²) in [5.41, 5.74) is 0. The summed E-state index contributed by atoms with van der Waals surface area (Å²) >= 11 is 0. The molecule has 0 aromatic carbocycles. The zero-order valence-electron chi connectivity index (χ0n) is 11.2. The smallest absolute Gasteiger partial charge is 0.318 e. The second kappa shape index (κ2) is 6.42. The van der Waals surface area contributed by atoms with Crippen molar-refractivity contribution < 1.29 is 14.7 Å². The maximum atomic E-state index is 12.0. The van der Waals surface area contributed by atoms with Crippen molar-refractivity contribution in [3.05, 3.63) is 12.2 Å². The predicted octanol–water partition coefficient (Wildman–Crippen LogP) is 1.85. The third kappa shape index (κ3) is 3.48. The molecule has 5 heteroatoms. The number of carbonyl (C=O) groups is 2. The highest BCUT2D eigenvalue weighted by Crippen LogP contribution is 2.18. The van der Waals surface area contributed by atoms with Crippen LogP contribution in [0.25, 0.3) is 0 Å². The second-order valence-electron chi connectivity index (χ2n) is 4.66. The van der Waals surface area contributed by atoms with Crippen LogP contribution in [-0.4, -0.2) is 40.6 Å². The van der Waals surface area contributed by atoms with Gasteiger partial charge in [-0.3, -0.25) is 4.79 Å². The van der Waals surface area contributed by atoms with Gasteiger partial charge in [-0.25, -0.2) is 4.79 Å². The van der Waals surface area contributed by atoms with E-state index >= 15 is 0 Å². The van der Waals surface area contributed by atoms with Crippen LogP contribution in [0.5, 0.6) is 0 Å². The molecule has 0 aromatic heterocycles. The molecule has 0 spiro atoms. The van der Waals surface area contributed by atoms with Crippen molar-refractivity contribution in [1.29, 1.82) is 0 Å². The lowest BCUT2D eigenvalue weighted by molar-refractivity contribution is -0.140. The van der Waals surface area contributed by atoms with E-state index in [1.54, 1.807) is 17.1 Å². The topological polar surface area (TPSA) is 69.6 Å². The van der Waals surface area contributed by atoms with Crippen LogP contribution in [0, 0.1) is 5.92 Å². The Morgan fingerprint density at radius 1 is 1.44 bits per heavy atom. The number of carboxylic acids is 1. The first kappa shape index (κ1) is 14.5. The van der Waals surface area contributed by atoms with E-state index in [-0.39, 0.29) is 18.1 Å². The van der Waals surface area contributed by atoms with Crippen LogP contribution in [0.1, 0.15) is 33.6 Å². The van der Waals surface area contributed by atoms with Gasteiger partial charge in [0.2, 0.25) is 0 Å². The van der Waals surface area contributed by atoms with Crippen LogP contribution in [0.4, 0.5) is 4.79 Å². The molecule has 1 aliphatic carbocycles. The quantitative estimate of drug-likeness (QED) is 0.735. The Balaban J connectivity index is 2.51. The summed E-state index contributed by atoms with van der Waals surface area (Å²) in [5, 5.41) is 11.7. The largest absolute Gasteiger partial charge is 0.481 e. The van der Waals surface area contributed by atoms with Gasteiger partial charge in [-0.1, -0.05) is 19.1 Å². The van der Waals surface area contributed by atoms with Crippen LogP contribution >= 0.6 is 0 Å². The van der Waals surface area contributed by atoms with Crippen molar-refractivity contribution in [3.8, 4) is 0 Å². The number of nitrogens with one attached hydrogen (secondary N) is 1. The molecule has 2 N–H and O–H groups in total. The number of hydrogen-bond acceptors (Lipinski definition) is 2. The Hall–Kier alpha value is -1.52. The van der Waals surface area contributed by atoms with Crippen molar-refractivity contribution in [2.75, 3.05) is 6.54 Å². The van der Waals surface area contributed by atoms with Gasteiger partial charge in [0.1, 0.15) is 0 Å². The van der Waals surface area contributed by atoms with Crippen molar-refractivity contribution in [1.82, 2.24) is 10.2 Å². The Morgan fingerprint density at radius 3 is 2.56 bits per heavy atom. The molecule has 0 bridgehead atoms. The van der Waals surface area contributed by atoms with E-state index in [1.807, 2.05) is 20.8 Å². The van der Waals surface area contributed by atoms with Crippen LogP contribution in [-0.2, 0) is 4.79 Å². The predicted molar refractivity (Wildman–Crippen MR) is 69.3 cm³/mol. The van der Waals surface area contributed by atoms with Gasteiger partial charge in [0.05, 0.1) is 12.0 Å². The third-order valence-electron chi connectivity index (χ3n) is 3.43. The van der Waals surface area contributed by atoms with E-state index in [9.17, 15) is 9.59 Å². The third-order valence-corrected chi connectivity index (χ3v) is 3.43. The van der Waals surface area contributed by atoms with Crippen molar-refractivity contribution in [2.45, 2.75) is 45.7 Å². The van der Waals surface area contributed by atoms with E-state index in [1.165, 1.54) is 0 Å². The van der Waals surface area contributed by atoms with Gasteiger partial charge < -0.3 is 15.3 Å². The molecule has 3 unspecified atom stereocenters. The molecule has 3 atom stereocenters. The highest BCUT2D eigenvalue weighted by molar-refractivity contribution is 5.76. The molecular weight excluding hydrogens is 232 g/mol. The monoisotopic (exact) mass is 254 g/mol. The highest BCUT2D eigenvalue weighted by atomic mass is 16.4. The first-order valence-electron chi connectivity index (χ1n) is 6.47. The van der Waals surface area contributed by atoms with Gasteiger partial charge >= 0.3 is 12.0 Å². The van der Waals surface area contributed by atoms with Crippen molar-refractivity contribution >= 4 is 12.0 Å². The Morgan fingerprint density at radius 2 is 2.11 bits per heavy atom. The molecule has 0 fully saturated rings. The average Bonchev–Trinajstić information content (AvgIpc) is 2.78. The highest BCUT2D eigenvalue weighted by Gasteiger charge is 2.27. The van der Waals surface area contributed by atoms with Gasteiger partial charge in [0.25, 0.3) is 0 Å². The van der Waals surface area contributed by atoms with E-state index < -0.39 is 11.9 Å². The average molecular weight is 254 g/mol. The Kier molecular flexibility index (Phi) is 5.19. The molecule has 1 rings (SSSR count). The van der Waals surface area contributed by atoms with Crippen LogP contribution in [0.15, 0.2) is 12.2 Å². The van der Waals surface area contributed by atoms with Crippen molar-refractivity contribution in [2.24, 2.45) is 5.92 Å². The van der Waals surface area contributed by atoms with Gasteiger partial charge in [-0.2, -0.15) is 0 Å². The summed E-state index contributed by atoms with van der Waals surface area (Å²) in [6.07, 6.45) is 4.76. The fourth-order valence-corrected chi connectivity index (χ4v) is 2.11. The standard InChI is InChI=1S/C13H22N2O3/c1-4-9(3)15(5-2)13(18)14-11-7-6-10(8-11)12(16)17/h6-7,9-11H,4-5,8H2,1-3H3,(H,14,18)(H,16,17). The number of carbonyl (C=O) groups excluding carboxylic acids is 1. The Bertz CT molecular complexity index is 341.